The van der Waals surface area contributed by atoms with Crippen LogP contribution in [0.1, 0.15) is 23.2 Å². The molecule has 0 aliphatic carbocycles. The molecule has 18 heavy (non-hydrogen) atoms. The molecule has 1 aliphatic heterocycles. The van der Waals surface area contributed by atoms with Gasteiger partial charge in [-0.3, -0.25) is 4.79 Å². The van der Waals surface area contributed by atoms with Gasteiger partial charge >= 0.3 is 6.09 Å². The fourth-order valence-corrected chi connectivity index (χ4v) is 1.98. The molecule has 0 aromatic heterocycles. The lowest BCUT2D eigenvalue weighted by Gasteiger charge is -2.30. The summed E-state index contributed by atoms with van der Waals surface area (Å²) in [6.45, 7) is 1.01. The number of amides is 1. The molecule has 1 saturated heterocycles. The maximum atomic E-state index is 10.7. The summed E-state index contributed by atoms with van der Waals surface area (Å²) in [4.78, 5) is 22.6. The molecule has 1 heterocycles. The third kappa shape index (κ3) is 3.00. The van der Waals surface area contributed by atoms with Crippen LogP contribution in [0.3, 0.4) is 0 Å². The number of aldehydes is 1. The van der Waals surface area contributed by atoms with Crippen LogP contribution in [0.2, 0.25) is 0 Å². The number of hydrogen-bond donors (Lipinski definition) is 1. The summed E-state index contributed by atoms with van der Waals surface area (Å²) in [7, 11) is 0. The first-order valence-electron chi connectivity index (χ1n) is 5.89. The van der Waals surface area contributed by atoms with Crippen LogP contribution in [-0.2, 0) is 0 Å². The quantitative estimate of drug-likeness (QED) is 0.832. The predicted molar refractivity (Wildman–Crippen MR) is 65.1 cm³/mol. The highest BCUT2D eigenvalue weighted by molar-refractivity contribution is 5.74. The topological polar surface area (TPSA) is 66.8 Å². The van der Waals surface area contributed by atoms with Crippen molar-refractivity contribution in [3.63, 3.8) is 0 Å². The van der Waals surface area contributed by atoms with Crippen molar-refractivity contribution in [2.75, 3.05) is 13.1 Å². The molecule has 0 spiro atoms. The number of benzene rings is 1. The molecule has 1 aromatic rings. The molecule has 1 fully saturated rings. The highest BCUT2D eigenvalue weighted by Crippen LogP contribution is 2.19. The van der Waals surface area contributed by atoms with Crippen LogP contribution in [0.5, 0.6) is 5.75 Å². The largest absolute Gasteiger partial charge is 0.490 e. The number of carbonyl (C=O) groups excluding carboxylic acids is 1. The Labute approximate surface area is 105 Å². The molecule has 0 unspecified atom stereocenters. The van der Waals surface area contributed by atoms with E-state index < -0.39 is 6.09 Å². The minimum absolute atomic E-state index is 0.0441. The molecule has 1 aliphatic rings. The highest BCUT2D eigenvalue weighted by Gasteiger charge is 2.23. The van der Waals surface area contributed by atoms with Crippen molar-refractivity contribution in [3.8, 4) is 5.75 Å². The fourth-order valence-electron chi connectivity index (χ4n) is 1.98. The Kier molecular flexibility index (Phi) is 3.82. The maximum Gasteiger partial charge on any atom is 0.407 e. The zero-order valence-electron chi connectivity index (χ0n) is 9.91. The monoisotopic (exact) mass is 249 g/mol. The Morgan fingerprint density at radius 3 is 2.39 bits per heavy atom. The molecule has 1 amide bonds. The molecule has 0 saturated carbocycles. The van der Waals surface area contributed by atoms with Gasteiger partial charge in [-0.2, -0.15) is 0 Å². The molecular formula is C13H15NO4. The summed E-state index contributed by atoms with van der Waals surface area (Å²) in [5.41, 5.74) is 0.614. The van der Waals surface area contributed by atoms with E-state index in [1.807, 2.05) is 0 Å². The van der Waals surface area contributed by atoms with Crippen molar-refractivity contribution in [2.24, 2.45) is 0 Å². The van der Waals surface area contributed by atoms with Gasteiger partial charge in [-0.25, -0.2) is 4.79 Å². The van der Waals surface area contributed by atoms with E-state index in [1.54, 1.807) is 24.3 Å². The lowest BCUT2D eigenvalue weighted by atomic mass is 10.1. The fraction of sp³-hybridized carbons (Fsp3) is 0.385. The van der Waals surface area contributed by atoms with Gasteiger partial charge in [0.1, 0.15) is 18.1 Å². The zero-order valence-corrected chi connectivity index (χ0v) is 9.91. The lowest BCUT2D eigenvalue weighted by molar-refractivity contribution is 0.0895. The summed E-state index contributed by atoms with van der Waals surface area (Å²) in [5, 5.41) is 8.82. The van der Waals surface area contributed by atoms with Crippen molar-refractivity contribution >= 4 is 12.4 Å². The molecule has 1 aromatic carbocycles. The minimum atomic E-state index is -0.871. The predicted octanol–water partition coefficient (Wildman–Crippen LogP) is 2.02. The SMILES string of the molecule is O=Cc1ccc(OC2CCN(C(=O)O)CC2)cc1. The van der Waals surface area contributed by atoms with E-state index in [4.69, 9.17) is 9.84 Å². The smallest absolute Gasteiger partial charge is 0.407 e. The molecule has 5 heteroatoms. The lowest BCUT2D eigenvalue weighted by Crippen LogP contribution is -2.41. The second-order valence-corrected chi connectivity index (χ2v) is 4.27. The van der Waals surface area contributed by atoms with E-state index in [2.05, 4.69) is 0 Å². The van der Waals surface area contributed by atoms with Crippen LogP contribution in [0.15, 0.2) is 24.3 Å². The molecule has 5 nitrogen and oxygen atoms in total. The maximum absolute atomic E-state index is 10.7. The Hall–Kier alpha value is -2.04. The number of nitrogens with zero attached hydrogens (tertiary/aromatic N) is 1. The third-order valence-corrected chi connectivity index (χ3v) is 3.03. The van der Waals surface area contributed by atoms with E-state index in [9.17, 15) is 9.59 Å². The number of hydrogen-bond acceptors (Lipinski definition) is 3. The van der Waals surface area contributed by atoms with Gasteiger partial charge < -0.3 is 14.7 Å². The van der Waals surface area contributed by atoms with Gasteiger partial charge in [0.15, 0.2) is 0 Å². The molecule has 2 rings (SSSR count). The first-order chi connectivity index (χ1) is 8.69. The van der Waals surface area contributed by atoms with Crippen LogP contribution >= 0.6 is 0 Å². The molecular weight excluding hydrogens is 234 g/mol. The highest BCUT2D eigenvalue weighted by atomic mass is 16.5. The Morgan fingerprint density at radius 1 is 1.28 bits per heavy atom. The van der Waals surface area contributed by atoms with Crippen LogP contribution in [0.25, 0.3) is 0 Å². The van der Waals surface area contributed by atoms with E-state index in [0.29, 0.717) is 31.5 Å². The normalized spacial score (nSPS) is 16.3. The minimum Gasteiger partial charge on any atom is -0.490 e. The number of rotatable bonds is 3. The first kappa shape index (κ1) is 12.4. The van der Waals surface area contributed by atoms with Gasteiger partial charge in [0.2, 0.25) is 0 Å². The third-order valence-electron chi connectivity index (χ3n) is 3.03. The average Bonchev–Trinajstić information content (AvgIpc) is 2.40. The first-order valence-corrected chi connectivity index (χ1v) is 5.89. The zero-order chi connectivity index (χ0) is 13.0. The number of likely N-dealkylation sites (tertiary alicyclic amines) is 1. The number of piperidine rings is 1. The van der Waals surface area contributed by atoms with Crippen molar-refractivity contribution in [3.05, 3.63) is 29.8 Å². The average molecular weight is 249 g/mol. The standard InChI is InChI=1S/C13H15NO4/c15-9-10-1-3-11(4-2-10)18-12-5-7-14(8-6-12)13(16)17/h1-4,9,12H,5-8H2,(H,16,17). The van der Waals surface area contributed by atoms with Crippen LogP contribution < -0.4 is 4.74 Å². The van der Waals surface area contributed by atoms with Gasteiger partial charge in [0.05, 0.1) is 0 Å². The number of carboxylic acid groups (broad SMARTS) is 1. The van der Waals surface area contributed by atoms with Gasteiger partial charge in [-0.15, -0.1) is 0 Å². The van der Waals surface area contributed by atoms with Gasteiger partial charge in [-0.05, 0) is 24.3 Å². The van der Waals surface area contributed by atoms with Gasteiger partial charge in [0.25, 0.3) is 0 Å². The van der Waals surface area contributed by atoms with E-state index in [0.717, 1.165) is 12.0 Å². The van der Waals surface area contributed by atoms with Crippen molar-refractivity contribution < 1.29 is 19.4 Å². The van der Waals surface area contributed by atoms with E-state index in [-0.39, 0.29) is 6.10 Å². The Balaban J connectivity index is 1.87. The summed E-state index contributed by atoms with van der Waals surface area (Å²) < 4.78 is 5.75. The second-order valence-electron chi connectivity index (χ2n) is 4.27. The molecule has 96 valence electrons. The number of ether oxygens (including phenoxy) is 1. The van der Waals surface area contributed by atoms with Crippen molar-refractivity contribution in [2.45, 2.75) is 18.9 Å². The Morgan fingerprint density at radius 2 is 1.89 bits per heavy atom. The summed E-state index contributed by atoms with van der Waals surface area (Å²) >= 11 is 0. The molecule has 1 N–H and O–H groups in total. The summed E-state index contributed by atoms with van der Waals surface area (Å²) in [6.07, 6.45) is 1.35. The second kappa shape index (κ2) is 5.53. The van der Waals surface area contributed by atoms with Crippen molar-refractivity contribution in [1.82, 2.24) is 4.90 Å². The summed E-state index contributed by atoms with van der Waals surface area (Å²) in [6, 6.07) is 6.92. The Bertz CT molecular complexity index is 421. The number of carbonyl (C=O) groups is 2. The molecule has 0 atom stereocenters. The van der Waals surface area contributed by atoms with Crippen molar-refractivity contribution in [1.29, 1.82) is 0 Å². The van der Waals surface area contributed by atoms with E-state index in [1.165, 1.54) is 4.90 Å². The van der Waals surface area contributed by atoms with Gasteiger partial charge in [0, 0.05) is 31.5 Å². The van der Waals surface area contributed by atoms with E-state index >= 15 is 0 Å². The van der Waals surface area contributed by atoms with Crippen LogP contribution in [0, 0.1) is 0 Å². The van der Waals surface area contributed by atoms with Crippen LogP contribution in [0.4, 0.5) is 4.79 Å². The molecule has 0 bridgehead atoms. The van der Waals surface area contributed by atoms with Crippen LogP contribution in [-0.4, -0.2) is 41.6 Å². The summed E-state index contributed by atoms with van der Waals surface area (Å²) in [5.74, 6) is 0.717. The van der Waals surface area contributed by atoms with Gasteiger partial charge in [-0.1, -0.05) is 0 Å². The molecule has 0 radical (unpaired) electrons.